The Morgan fingerprint density at radius 1 is 1.18 bits per heavy atom. The summed E-state index contributed by atoms with van der Waals surface area (Å²) in [6.45, 7) is 0.639. The van der Waals surface area contributed by atoms with Gasteiger partial charge in [-0.3, -0.25) is 0 Å². The highest BCUT2D eigenvalue weighted by Gasteiger charge is 2.24. The van der Waals surface area contributed by atoms with Gasteiger partial charge in [0.25, 0.3) is 0 Å². The van der Waals surface area contributed by atoms with Gasteiger partial charge in [0, 0.05) is 18.3 Å². The SMILES string of the molecule is O=S(=O)(CCN[C@H]1CCCSC1)CC1CCC1. The van der Waals surface area contributed by atoms with E-state index in [0.29, 0.717) is 30.0 Å². The summed E-state index contributed by atoms with van der Waals surface area (Å²) in [7, 11) is -2.81. The van der Waals surface area contributed by atoms with Crippen molar-refractivity contribution in [3.63, 3.8) is 0 Å². The van der Waals surface area contributed by atoms with Crippen LogP contribution in [0, 0.1) is 5.92 Å². The standard InChI is InChI=1S/C12H23NO2S2/c14-17(15,10-11-3-1-4-11)8-6-13-12-5-2-7-16-9-12/h11-13H,1-10H2/t12-/m0/s1. The molecule has 2 rings (SSSR count). The molecule has 3 nitrogen and oxygen atoms in total. The van der Waals surface area contributed by atoms with Crippen LogP contribution in [0.2, 0.25) is 0 Å². The van der Waals surface area contributed by atoms with Crippen molar-refractivity contribution in [1.29, 1.82) is 0 Å². The third kappa shape index (κ3) is 4.79. The third-order valence-corrected chi connectivity index (χ3v) is 6.74. The molecule has 1 aliphatic heterocycles. The van der Waals surface area contributed by atoms with Gasteiger partial charge in [-0.2, -0.15) is 11.8 Å². The van der Waals surface area contributed by atoms with Gasteiger partial charge in [-0.15, -0.1) is 0 Å². The maximum absolute atomic E-state index is 11.8. The van der Waals surface area contributed by atoms with E-state index in [1.54, 1.807) is 0 Å². The van der Waals surface area contributed by atoms with Crippen LogP contribution in [0.25, 0.3) is 0 Å². The molecule has 0 aromatic rings. The number of nitrogens with one attached hydrogen (secondary N) is 1. The van der Waals surface area contributed by atoms with Crippen molar-refractivity contribution in [1.82, 2.24) is 5.32 Å². The van der Waals surface area contributed by atoms with E-state index in [-0.39, 0.29) is 0 Å². The molecule has 0 aromatic heterocycles. The molecule has 1 saturated carbocycles. The van der Waals surface area contributed by atoms with Crippen molar-refractivity contribution < 1.29 is 8.42 Å². The van der Waals surface area contributed by atoms with Crippen LogP contribution in [-0.4, -0.2) is 44.0 Å². The zero-order valence-corrected chi connectivity index (χ0v) is 12.0. The Balaban J connectivity index is 1.62. The Kier molecular flexibility index (Phi) is 5.18. The molecule has 1 atom stereocenters. The average molecular weight is 277 g/mol. The predicted molar refractivity (Wildman–Crippen MR) is 74.3 cm³/mol. The number of thioether (sulfide) groups is 1. The molecule has 1 saturated heterocycles. The quantitative estimate of drug-likeness (QED) is 0.802. The minimum atomic E-state index is -2.81. The maximum Gasteiger partial charge on any atom is 0.151 e. The van der Waals surface area contributed by atoms with Crippen LogP contribution in [0.3, 0.4) is 0 Å². The second-order valence-electron chi connectivity index (χ2n) is 5.28. The molecule has 17 heavy (non-hydrogen) atoms. The van der Waals surface area contributed by atoms with Crippen LogP contribution in [-0.2, 0) is 9.84 Å². The molecule has 2 fully saturated rings. The molecule has 1 N–H and O–H groups in total. The lowest BCUT2D eigenvalue weighted by Gasteiger charge is -2.25. The summed E-state index contributed by atoms with van der Waals surface area (Å²) in [4.78, 5) is 0. The largest absolute Gasteiger partial charge is 0.312 e. The Bertz CT molecular complexity index is 319. The van der Waals surface area contributed by atoms with Gasteiger partial charge in [-0.1, -0.05) is 6.42 Å². The highest BCUT2D eigenvalue weighted by atomic mass is 32.2. The van der Waals surface area contributed by atoms with Gasteiger partial charge in [0.05, 0.1) is 11.5 Å². The van der Waals surface area contributed by atoms with Crippen LogP contribution in [0.5, 0.6) is 0 Å². The van der Waals surface area contributed by atoms with Crippen molar-refractivity contribution in [3.8, 4) is 0 Å². The molecule has 0 amide bonds. The Labute approximate surface area is 109 Å². The van der Waals surface area contributed by atoms with Gasteiger partial charge >= 0.3 is 0 Å². The fourth-order valence-electron chi connectivity index (χ4n) is 2.42. The summed E-state index contributed by atoms with van der Waals surface area (Å²) in [6, 6.07) is 0.535. The summed E-state index contributed by atoms with van der Waals surface area (Å²) in [6.07, 6.45) is 5.92. The monoisotopic (exact) mass is 277 g/mol. The summed E-state index contributed by atoms with van der Waals surface area (Å²) in [5.41, 5.74) is 0. The van der Waals surface area contributed by atoms with Gasteiger partial charge in [0.15, 0.2) is 9.84 Å². The van der Waals surface area contributed by atoms with Crippen LogP contribution in [0.4, 0.5) is 0 Å². The van der Waals surface area contributed by atoms with Gasteiger partial charge in [0.2, 0.25) is 0 Å². The van der Waals surface area contributed by atoms with E-state index < -0.39 is 9.84 Å². The molecule has 0 unspecified atom stereocenters. The molecule has 2 aliphatic rings. The molecule has 100 valence electrons. The first-order valence-corrected chi connectivity index (χ1v) is 9.65. The molecular weight excluding hydrogens is 254 g/mol. The highest BCUT2D eigenvalue weighted by molar-refractivity contribution is 7.99. The molecule has 0 spiro atoms. The summed E-state index contributed by atoms with van der Waals surface area (Å²) in [5, 5.41) is 3.39. The summed E-state index contributed by atoms with van der Waals surface area (Å²) >= 11 is 1.97. The zero-order valence-electron chi connectivity index (χ0n) is 10.4. The van der Waals surface area contributed by atoms with Crippen molar-refractivity contribution in [2.24, 2.45) is 5.92 Å². The van der Waals surface area contributed by atoms with Crippen LogP contribution >= 0.6 is 11.8 Å². The fourth-order valence-corrected chi connectivity index (χ4v) is 5.18. The number of rotatable bonds is 6. The van der Waals surface area contributed by atoms with E-state index in [0.717, 1.165) is 18.6 Å². The normalized spacial score (nSPS) is 26.7. The molecule has 1 aliphatic carbocycles. The van der Waals surface area contributed by atoms with E-state index in [4.69, 9.17) is 0 Å². The Hall–Kier alpha value is 0.260. The minimum Gasteiger partial charge on any atom is -0.312 e. The first-order chi connectivity index (χ1) is 8.16. The molecule has 0 bridgehead atoms. The predicted octanol–water partition coefficient (Wildman–Crippen LogP) is 1.69. The van der Waals surface area contributed by atoms with Crippen molar-refractivity contribution in [2.75, 3.05) is 29.6 Å². The van der Waals surface area contributed by atoms with E-state index >= 15 is 0 Å². The van der Waals surface area contributed by atoms with E-state index in [2.05, 4.69) is 5.32 Å². The summed E-state index contributed by atoms with van der Waals surface area (Å²) < 4.78 is 23.7. The molecule has 1 heterocycles. The smallest absolute Gasteiger partial charge is 0.151 e. The van der Waals surface area contributed by atoms with Crippen LogP contribution < -0.4 is 5.32 Å². The van der Waals surface area contributed by atoms with Crippen molar-refractivity contribution in [2.45, 2.75) is 38.1 Å². The second-order valence-corrected chi connectivity index (χ2v) is 8.66. The van der Waals surface area contributed by atoms with Crippen LogP contribution in [0.1, 0.15) is 32.1 Å². The average Bonchev–Trinajstić information content (AvgIpc) is 2.25. The van der Waals surface area contributed by atoms with Gasteiger partial charge in [-0.05, 0) is 37.4 Å². The van der Waals surface area contributed by atoms with Gasteiger partial charge < -0.3 is 5.32 Å². The van der Waals surface area contributed by atoms with Gasteiger partial charge in [-0.25, -0.2) is 8.42 Å². The minimum absolute atomic E-state index is 0.324. The Morgan fingerprint density at radius 2 is 2.00 bits per heavy atom. The maximum atomic E-state index is 11.8. The number of hydrogen-bond donors (Lipinski definition) is 1. The molecular formula is C12H23NO2S2. The van der Waals surface area contributed by atoms with E-state index in [1.807, 2.05) is 11.8 Å². The van der Waals surface area contributed by atoms with Crippen molar-refractivity contribution >= 4 is 21.6 Å². The first kappa shape index (κ1) is 13.7. The summed E-state index contributed by atoms with van der Waals surface area (Å²) in [5.74, 6) is 3.62. The zero-order chi connectivity index (χ0) is 12.1. The lowest BCUT2D eigenvalue weighted by molar-refractivity contribution is 0.347. The topological polar surface area (TPSA) is 46.2 Å². The highest BCUT2D eigenvalue weighted by Crippen LogP contribution is 2.27. The third-order valence-electron chi connectivity index (χ3n) is 3.72. The number of hydrogen-bond acceptors (Lipinski definition) is 4. The Morgan fingerprint density at radius 3 is 2.59 bits per heavy atom. The van der Waals surface area contributed by atoms with Crippen LogP contribution in [0.15, 0.2) is 0 Å². The number of sulfone groups is 1. The van der Waals surface area contributed by atoms with E-state index in [1.165, 1.54) is 25.0 Å². The first-order valence-electron chi connectivity index (χ1n) is 6.67. The van der Waals surface area contributed by atoms with Crippen molar-refractivity contribution in [3.05, 3.63) is 0 Å². The molecule has 5 heteroatoms. The molecule has 0 radical (unpaired) electrons. The lowest BCUT2D eigenvalue weighted by Crippen LogP contribution is -2.37. The lowest BCUT2D eigenvalue weighted by atomic mass is 9.87. The van der Waals surface area contributed by atoms with E-state index in [9.17, 15) is 8.42 Å². The second kappa shape index (κ2) is 6.43. The molecule has 0 aromatic carbocycles. The van der Waals surface area contributed by atoms with Gasteiger partial charge in [0.1, 0.15) is 0 Å². The fraction of sp³-hybridized carbons (Fsp3) is 1.00.